The number of rotatable bonds is 15. The topological polar surface area (TPSA) is 78.3 Å². The van der Waals surface area contributed by atoms with Crippen LogP contribution in [0.15, 0.2) is 12.1 Å². The Hall–Kier alpha value is -1.71. The molecule has 0 saturated heterocycles. The van der Waals surface area contributed by atoms with Gasteiger partial charge in [0.05, 0.1) is 17.9 Å². The SMILES string of the molecule is CCCCCCCCCCCCCCOc1c(N)cc(N)cc1[C]=O. The van der Waals surface area contributed by atoms with Gasteiger partial charge in [0, 0.05) is 5.69 Å². The van der Waals surface area contributed by atoms with Crippen molar-refractivity contribution >= 4 is 17.7 Å². The van der Waals surface area contributed by atoms with Crippen molar-refractivity contribution in [2.45, 2.75) is 84.0 Å². The number of hydrogen-bond acceptors (Lipinski definition) is 4. The molecule has 0 spiro atoms. The zero-order chi connectivity index (χ0) is 18.3. The van der Waals surface area contributed by atoms with Crippen molar-refractivity contribution in [3.63, 3.8) is 0 Å². The Balaban J connectivity index is 2.02. The zero-order valence-corrected chi connectivity index (χ0v) is 15.8. The standard InChI is InChI=1S/C21H35N2O2/c1-2-3-4-5-6-7-8-9-10-11-12-13-14-25-21-18(17-24)15-19(22)16-20(21)23/h15-16H,2-14,22-23H2,1H3. The Morgan fingerprint density at radius 3 is 1.88 bits per heavy atom. The van der Waals surface area contributed by atoms with E-state index in [9.17, 15) is 4.79 Å². The summed E-state index contributed by atoms with van der Waals surface area (Å²) in [5.74, 6) is 0.410. The first-order chi connectivity index (χ1) is 12.2. The van der Waals surface area contributed by atoms with Crippen LogP contribution >= 0.6 is 0 Å². The van der Waals surface area contributed by atoms with Crippen molar-refractivity contribution in [3.05, 3.63) is 17.7 Å². The molecule has 25 heavy (non-hydrogen) atoms. The van der Waals surface area contributed by atoms with Gasteiger partial charge in [0.25, 0.3) is 0 Å². The minimum absolute atomic E-state index is 0.302. The molecule has 4 N–H and O–H groups in total. The van der Waals surface area contributed by atoms with Crippen molar-refractivity contribution in [2.75, 3.05) is 18.1 Å². The minimum atomic E-state index is 0.302. The van der Waals surface area contributed by atoms with Crippen LogP contribution in [0.5, 0.6) is 5.75 Å². The molecule has 4 nitrogen and oxygen atoms in total. The van der Waals surface area contributed by atoms with Gasteiger partial charge in [0.1, 0.15) is 0 Å². The average molecular weight is 348 g/mol. The van der Waals surface area contributed by atoms with Gasteiger partial charge < -0.3 is 16.2 Å². The lowest BCUT2D eigenvalue weighted by Crippen LogP contribution is -2.04. The molecule has 1 radical (unpaired) electrons. The average Bonchev–Trinajstić information content (AvgIpc) is 2.60. The summed E-state index contributed by atoms with van der Waals surface area (Å²) in [6.45, 7) is 2.83. The van der Waals surface area contributed by atoms with Gasteiger partial charge in [-0.3, -0.25) is 4.79 Å². The summed E-state index contributed by atoms with van der Waals surface area (Å²) < 4.78 is 5.66. The minimum Gasteiger partial charge on any atom is -0.491 e. The van der Waals surface area contributed by atoms with Gasteiger partial charge in [0.2, 0.25) is 6.29 Å². The first-order valence-corrected chi connectivity index (χ1v) is 9.89. The van der Waals surface area contributed by atoms with Gasteiger partial charge in [-0.25, -0.2) is 0 Å². The molecule has 0 aromatic heterocycles. The van der Waals surface area contributed by atoms with Crippen LogP contribution in [0, 0.1) is 0 Å². The fraction of sp³-hybridized carbons (Fsp3) is 0.667. The Morgan fingerprint density at radius 2 is 1.36 bits per heavy atom. The molecule has 0 aliphatic rings. The fourth-order valence-corrected chi connectivity index (χ4v) is 3.03. The third-order valence-electron chi connectivity index (χ3n) is 4.49. The summed E-state index contributed by atoms with van der Waals surface area (Å²) in [4.78, 5) is 10.9. The summed E-state index contributed by atoms with van der Waals surface area (Å²) in [5.41, 5.74) is 12.7. The molecule has 1 rings (SSSR count). The number of unbranched alkanes of at least 4 members (excludes halogenated alkanes) is 11. The van der Waals surface area contributed by atoms with Gasteiger partial charge in [-0.15, -0.1) is 0 Å². The second kappa shape index (κ2) is 13.6. The molecule has 1 aromatic rings. The molecule has 0 bridgehead atoms. The number of carbonyl (C=O) groups excluding carboxylic acids is 1. The summed E-state index contributed by atoms with van der Waals surface area (Å²) in [7, 11) is 0. The number of nitrogen functional groups attached to an aromatic ring is 2. The van der Waals surface area contributed by atoms with E-state index < -0.39 is 0 Å². The fourth-order valence-electron chi connectivity index (χ4n) is 3.03. The number of anilines is 2. The van der Waals surface area contributed by atoms with Crippen LogP contribution in [0.25, 0.3) is 0 Å². The van der Waals surface area contributed by atoms with Crippen LogP contribution in [0.4, 0.5) is 11.4 Å². The molecular formula is C21H35N2O2. The van der Waals surface area contributed by atoms with E-state index >= 15 is 0 Å². The summed E-state index contributed by atoms with van der Waals surface area (Å²) in [6.07, 6.45) is 17.5. The molecule has 0 aliphatic heterocycles. The van der Waals surface area contributed by atoms with E-state index in [0.717, 1.165) is 12.8 Å². The third kappa shape index (κ3) is 9.37. The first kappa shape index (κ1) is 21.3. The van der Waals surface area contributed by atoms with Crippen LogP contribution in [0.2, 0.25) is 0 Å². The van der Waals surface area contributed by atoms with Crippen LogP contribution in [-0.2, 0) is 4.79 Å². The molecule has 1 aromatic carbocycles. The molecule has 0 saturated carbocycles. The van der Waals surface area contributed by atoms with Crippen molar-refractivity contribution in [1.82, 2.24) is 0 Å². The Morgan fingerprint density at radius 1 is 0.840 bits per heavy atom. The second-order valence-corrected chi connectivity index (χ2v) is 6.83. The second-order valence-electron chi connectivity index (χ2n) is 6.83. The number of benzene rings is 1. The molecule has 0 aliphatic carbocycles. The highest BCUT2D eigenvalue weighted by Crippen LogP contribution is 2.28. The Bertz CT molecular complexity index is 489. The van der Waals surface area contributed by atoms with Crippen LogP contribution in [0.1, 0.15) is 89.5 Å². The number of ether oxygens (including phenoxy) is 1. The predicted octanol–water partition coefficient (Wildman–Crippen LogP) is 5.39. The highest BCUT2D eigenvalue weighted by Gasteiger charge is 2.09. The van der Waals surface area contributed by atoms with Crippen molar-refractivity contribution in [1.29, 1.82) is 0 Å². The molecular weight excluding hydrogens is 312 g/mol. The van der Waals surface area contributed by atoms with Crippen molar-refractivity contribution < 1.29 is 9.53 Å². The predicted molar refractivity (Wildman–Crippen MR) is 107 cm³/mol. The van der Waals surface area contributed by atoms with E-state index in [1.54, 1.807) is 12.1 Å². The lowest BCUT2D eigenvalue weighted by molar-refractivity contribution is 0.305. The molecule has 0 atom stereocenters. The zero-order valence-electron chi connectivity index (χ0n) is 15.8. The smallest absolute Gasteiger partial charge is 0.237 e. The maximum atomic E-state index is 10.9. The maximum absolute atomic E-state index is 10.9. The van der Waals surface area contributed by atoms with Crippen LogP contribution in [-0.4, -0.2) is 12.9 Å². The van der Waals surface area contributed by atoms with Gasteiger partial charge >= 0.3 is 0 Å². The van der Waals surface area contributed by atoms with Crippen molar-refractivity contribution in [2.24, 2.45) is 0 Å². The first-order valence-electron chi connectivity index (χ1n) is 9.89. The lowest BCUT2D eigenvalue weighted by atomic mass is 10.1. The van der Waals surface area contributed by atoms with E-state index in [1.165, 1.54) is 64.2 Å². The number of nitrogens with two attached hydrogens (primary N) is 2. The molecule has 0 heterocycles. The normalized spacial score (nSPS) is 10.8. The largest absolute Gasteiger partial charge is 0.491 e. The van der Waals surface area contributed by atoms with Gasteiger partial charge in [-0.2, -0.15) is 0 Å². The summed E-state index contributed by atoms with van der Waals surface area (Å²) in [5, 5.41) is 0. The molecule has 0 amide bonds. The summed E-state index contributed by atoms with van der Waals surface area (Å²) >= 11 is 0. The van der Waals surface area contributed by atoms with E-state index in [-0.39, 0.29) is 0 Å². The molecule has 141 valence electrons. The quantitative estimate of drug-likeness (QED) is 0.329. The monoisotopic (exact) mass is 347 g/mol. The molecule has 0 unspecified atom stereocenters. The maximum Gasteiger partial charge on any atom is 0.237 e. The third-order valence-corrected chi connectivity index (χ3v) is 4.49. The van der Waals surface area contributed by atoms with Crippen LogP contribution < -0.4 is 16.2 Å². The Kier molecular flexibility index (Phi) is 11.6. The molecule has 0 fully saturated rings. The number of hydrogen-bond donors (Lipinski definition) is 2. The van der Waals surface area contributed by atoms with E-state index in [0.29, 0.717) is 29.3 Å². The van der Waals surface area contributed by atoms with Crippen LogP contribution in [0.3, 0.4) is 0 Å². The highest BCUT2D eigenvalue weighted by atomic mass is 16.5. The molecule has 4 heteroatoms. The van der Waals surface area contributed by atoms with E-state index in [4.69, 9.17) is 16.2 Å². The lowest BCUT2D eigenvalue weighted by Gasteiger charge is -2.11. The van der Waals surface area contributed by atoms with Gasteiger partial charge in [-0.1, -0.05) is 77.6 Å². The van der Waals surface area contributed by atoms with E-state index in [2.05, 4.69) is 6.92 Å². The highest BCUT2D eigenvalue weighted by molar-refractivity contribution is 5.86. The van der Waals surface area contributed by atoms with Crippen molar-refractivity contribution in [3.8, 4) is 5.75 Å². The van der Waals surface area contributed by atoms with Gasteiger partial charge in [0.15, 0.2) is 5.75 Å². The Labute approximate surface area is 153 Å². The van der Waals surface area contributed by atoms with Gasteiger partial charge in [-0.05, 0) is 18.6 Å². The summed E-state index contributed by atoms with van der Waals surface area (Å²) in [6, 6.07) is 3.15. The van der Waals surface area contributed by atoms with E-state index in [1.807, 2.05) is 6.29 Å².